The lowest BCUT2D eigenvalue weighted by Gasteiger charge is -2.14. The number of rotatable bonds is 5. The van der Waals surface area contributed by atoms with Crippen LogP contribution < -0.4 is 14.8 Å². The number of amides is 1. The lowest BCUT2D eigenvalue weighted by molar-refractivity contribution is 0.102. The van der Waals surface area contributed by atoms with Gasteiger partial charge in [-0.15, -0.1) is 0 Å². The fourth-order valence-corrected chi connectivity index (χ4v) is 3.53. The molecule has 0 saturated heterocycles. The number of nitrogens with one attached hydrogen (secondary N) is 1. The first-order valence-electron chi connectivity index (χ1n) is 9.92. The number of ether oxygens (including phenoxy) is 2. The van der Waals surface area contributed by atoms with Crippen LogP contribution in [0.1, 0.15) is 27.0 Å². The predicted molar refractivity (Wildman–Crippen MR) is 121 cm³/mol. The fourth-order valence-electron chi connectivity index (χ4n) is 3.53. The number of anilines is 1. The summed E-state index contributed by atoms with van der Waals surface area (Å²) < 4.78 is 16.8. The number of carbonyl (C=O) groups excluding carboxylic acids is 1. The van der Waals surface area contributed by atoms with E-state index >= 15 is 0 Å². The van der Waals surface area contributed by atoms with Crippen LogP contribution in [0.3, 0.4) is 0 Å². The molecular formula is C25H24N2O4. The van der Waals surface area contributed by atoms with E-state index in [0.29, 0.717) is 28.6 Å². The molecule has 31 heavy (non-hydrogen) atoms. The first-order chi connectivity index (χ1) is 14.9. The molecule has 0 spiro atoms. The molecule has 0 bridgehead atoms. The summed E-state index contributed by atoms with van der Waals surface area (Å²) in [4.78, 5) is 17.6. The Morgan fingerprint density at radius 1 is 0.935 bits per heavy atom. The molecule has 0 aliphatic heterocycles. The number of aromatic nitrogens is 1. The number of hydrogen-bond donors (Lipinski definition) is 1. The highest BCUT2D eigenvalue weighted by Gasteiger charge is 2.18. The number of fused-ring (bicyclic) bond motifs is 1. The lowest BCUT2D eigenvalue weighted by Crippen LogP contribution is -2.14. The maximum atomic E-state index is 13.0. The first kappa shape index (κ1) is 20.5. The summed E-state index contributed by atoms with van der Waals surface area (Å²) >= 11 is 0. The summed E-state index contributed by atoms with van der Waals surface area (Å²) in [6, 6.07) is 14.9. The Hall–Kier alpha value is -3.80. The third kappa shape index (κ3) is 3.84. The van der Waals surface area contributed by atoms with Crippen LogP contribution in [-0.2, 0) is 0 Å². The van der Waals surface area contributed by atoms with Crippen molar-refractivity contribution in [1.29, 1.82) is 0 Å². The van der Waals surface area contributed by atoms with Gasteiger partial charge in [-0.25, -0.2) is 4.98 Å². The molecule has 0 saturated carbocycles. The fraction of sp³-hybridized carbons (Fsp3) is 0.200. The van der Waals surface area contributed by atoms with Crippen LogP contribution in [0.2, 0.25) is 0 Å². The molecule has 6 nitrogen and oxygen atoms in total. The van der Waals surface area contributed by atoms with E-state index in [2.05, 4.69) is 10.3 Å². The zero-order valence-electron chi connectivity index (χ0n) is 18.2. The Morgan fingerprint density at radius 2 is 1.71 bits per heavy atom. The molecule has 6 heteroatoms. The summed E-state index contributed by atoms with van der Waals surface area (Å²) in [7, 11) is 3.11. The number of carbonyl (C=O) groups is 1. The van der Waals surface area contributed by atoms with Gasteiger partial charge < -0.3 is 19.2 Å². The van der Waals surface area contributed by atoms with Crippen molar-refractivity contribution in [3.05, 3.63) is 70.8 Å². The number of nitrogens with zero attached hydrogens (tertiary/aromatic N) is 1. The summed E-state index contributed by atoms with van der Waals surface area (Å²) in [5.74, 6) is 1.26. The number of methoxy groups -OCH3 is 2. The van der Waals surface area contributed by atoms with Gasteiger partial charge in [-0.3, -0.25) is 4.79 Å². The number of para-hydroxylation sites is 1. The van der Waals surface area contributed by atoms with Gasteiger partial charge in [0.2, 0.25) is 5.89 Å². The minimum atomic E-state index is -0.292. The van der Waals surface area contributed by atoms with E-state index in [0.717, 1.165) is 33.4 Å². The van der Waals surface area contributed by atoms with Crippen LogP contribution in [0, 0.1) is 20.8 Å². The van der Waals surface area contributed by atoms with Gasteiger partial charge in [0.1, 0.15) is 17.0 Å². The van der Waals surface area contributed by atoms with Gasteiger partial charge in [-0.1, -0.05) is 12.1 Å². The van der Waals surface area contributed by atoms with Crippen LogP contribution in [0.15, 0.2) is 52.9 Å². The van der Waals surface area contributed by atoms with Gasteiger partial charge in [0.05, 0.1) is 25.5 Å². The second-order valence-corrected chi connectivity index (χ2v) is 7.45. The Balaban J connectivity index is 1.72. The first-order valence-corrected chi connectivity index (χ1v) is 9.92. The van der Waals surface area contributed by atoms with E-state index in [1.807, 2.05) is 51.1 Å². The molecule has 4 rings (SSSR count). The van der Waals surface area contributed by atoms with E-state index in [-0.39, 0.29) is 5.91 Å². The molecule has 1 aromatic heterocycles. The monoisotopic (exact) mass is 416 g/mol. The van der Waals surface area contributed by atoms with E-state index in [1.165, 1.54) is 0 Å². The van der Waals surface area contributed by atoms with Crippen molar-refractivity contribution in [3.63, 3.8) is 0 Å². The minimum Gasteiger partial charge on any atom is -0.496 e. The Morgan fingerprint density at radius 3 is 2.45 bits per heavy atom. The van der Waals surface area contributed by atoms with Crippen molar-refractivity contribution in [2.45, 2.75) is 20.8 Å². The number of hydrogen-bond acceptors (Lipinski definition) is 5. The summed E-state index contributed by atoms with van der Waals surface area (Å²) in [5, 5.41) is 2.93. The Bertz CT molecular complexity index is 1250. The standard InChI is InChI=1S/C25H24N2O4/c1-14-7-6-8-18(23(14)30-5)24(28)26-20-13-17(9-10-21(20)29-4)25-27-19-11-15(2)16(3)12-22(19)31-25/h6-13H,1-5H3,(H,26,28). The van der Waals surface area contributed by atoms with Gasteiger partial charge >= 0.3 is 0 Å². The summed E-state index contributed by atoms with van der Waals surface area (Å²) in [5.41, 5.74) is 6.40. The van der Waals surface area contributed by atoms with Gasteiger partial charge in [0.15, 0.2) is 5.58 Å². The van der Waals surface area contributed by atoms with Crippen LogP contribution in [-0.4, -0.2) is 25.1 Å². The van der Waals surface area contributed by atoms with Crippen molar-refractivity contribution >= 4 is 22.7 Å². The van der Waals surface area contributed by atoms with Crippen LogP contribution in [0.4, 0.5) is 5.69 Å². The molecule has 1 heterocycles. The predicted octanol–water partition coefficient (Wildman–Crippen LogP) is 5.69. The highest BCUT2D eigenvalue weighted by atomic mass is 16.5. The molecule has 0 fully saturated rings. The van der Waals surface area contributed by atoms with E-state index in [4.69, 9.17) is 13.9 Å². The third-order valence-corrected chi connectivity index (χ3v) is 5.36. The lowest BCUT2D eigenvalue weighted by atomic mass is 10.1. The average molecular weight is 416 g/mol. The van der Waals surface area contributed by atoms with E-state index in [9.17, 15) is 4.79 Å². The highest BCUT2D eigenvalue weighted by molar-refractivity contribution is 6.07. The number of benzene rings is 3. The normalized spacial score (nSPS) is 10.9. The van der Waals surface area contributed by atoms with Gasteiger partial charge in [0.25, 0.3) is 5.91 Å². The molecule has 0 atom stereocenters. The van der Waals surface area contributed by atoms with Crippen molar-refractivity contribution in [2.75, 3.05) is 19.5 Å². The number of aryl methyl sites for hydroxylation is 3. The van der Waals surface area contributed by atoms with Crippen LogP contribution in [0.25, 0.3) is 22.6 Å². The minimum absolute atomic E-state index is 0.292. The van der Waals surface area contributed by atoms with Crippen LogP contribution >= 0.6 is 0 Å². The highest BCUT2D eigenvalue weighted by Crippen LogP contribution is 2.33. The number of oxazole rings is 1. The summed E-state index contributed by atoms with van der Waals surface area (Å²) in [6.45, 7) is 5.98. The smallest absolute Gasteiger partial charge is 0.259 e. The molecule has 0 unspecified atom stereocenters. The largest absolute Gasteiger partial charge is 0.496 e. The van der Waals surface area contributed by atoms with Gasteiger partial charge in [0, 0.05) is 5.56 Å². The zero-order chi connectivity index (χ0) is 22.1. The third-order valence-electron chi connectivity index (χ3n) is 5.36. The maximum absolute atomic E-state index is 13.0. The topological polar surface area (TPSA) is 73.6 Å². The second-order valence-electron chi connectivity index (χ2n) is 7.45. The molecule has 0 radical (unpaired) electrons. The quantitative estimate of drug-likeness (QED) is 0.452. The van der Waals surface area contributed by atoms with Crippen molar-refractivity contribution in [2.24, 2.45) is 0 Å². The Kier molecular flexibility index (Phi) is 5.38. The van der Waals surface area contributed by atoms with Crippen molar-refractivity contribution in [1.82, 2.24) is 4.98 Å². The van der Waals surface area contributed by atoms with Gasteiger partial charge in [-0.2, -0.15) is 0 Å². The Labute approximate surface area is 180 Å². The molecule has 1 amide bonds. The molecule has 1 N–H and O–H groups in total. The average Bonchev–Trinajstić information content (AvgIpc) is 3.16. The zero-order valence-corrected chi connectivity index (χ0v) is 18.2. The van der Waals surface area contributed by atoms with Crippen molar-refractivity contribution in [3.8, 4) is 23.0 Å². The second kappa shape index (κ2) is 8.14. The van der Waals surface area contributed by atoms with E-state index < -0.39 is 0 Å². The molecule has 158 valence electrons. The van der Waals surface area contributed by atoms with E-state index in [1.54, 1.807) is 32.4 Å². The van der Waals surface area contributed by atoms with Gasteiger partial charge in [-0.05, 0) is 73.9 Å². The van der Waals surface area contributed by atoms with Crippen molar-refractivity contribution < 1.29 is 18.7 Å². The molecule has 0 aliphatic rings. The molecule has 4 aromatic rings. The molecular weight excluding hydrogens is 392 g/mol. The summed E-state index contributed by atoms with van der Waals surface area (Å²) in [6.07, 6.45) is 0. The molecule has 3 aromatic carbocycles. The molecule has 0 aliphatic carbocycles. The van der Waals surface area contributed by atoms with Crippen LogP contribution in [0.5, 0.6) is 11.5 Å². The SMILES string of the molecule is COc1ccc(-c2nc3cc(C)c(C)cc3o2)cc1NC(=O)c1cccc(C)c1OC. The maximum Gasteiger partial charge on any atom is 0.259 e.